The van der Waals surface area contributed by atoms with E-state index < -0.39 is 0 Å². The molecule has 1 N–H and O–H groups in total. The van der Waals surface area contributed by atoms with Crippen molar-refractivity contribution in [2.75, 3.05) is 46.8 Å². The van der Waals surface area contributed by atoms with Crippen LogP contribution in [0.15, 0.2) is 60.4 Å². The number of nitriles is 1. The van der Waals surface area contributed by atoms with Crippen molar-refractivity contribution < 1.29 is 0 Å². The highest BCUT2D eigenvalue weighted by molar-refractivity contribution is 7.10. The van der Waals surface area contributed by atoms with Gasteiger partial charge in [-0.15, -0.1) is 11.3 Å². The molecule has 0 amide bonds. The van der Waals surface area contributed by atoms with Crippen LogP contribution in [0.3, 0.4) is 0 Å². The maximum atomic E-state index is 9.23. The highest BCUT2D eigenvalue weighted by atomic mass is 32.1. The van der Waals surface area contributed by atoms with E-state index in [1.54, 1.807) is 11.3 Å². The number of hydrogen-bond acceptors (Lipinski definition) is 6. The average Bonchev–Trinajstić information content (AvgIpc) is 3.28. The molecule has 0 aliphatic carbocycles. The summed E-state index contributed by atoms with van der Waals surface area (Å²) >= 11 is 1.77. The topological polar surface area (TPSA) is 45.5 Å². The van der Waals surface area contributed by atoms with Crippen LogP contribution in [-0.4, -0.2) is 61.5 Å². The van der Waals surface area contributed by atoms with Crippen molar-refractivity contribution in [2.24, 2.45) is 5.92 Å². The number of piperazine rings is 1. The van der Waals surface area contributed by atoms with Crippen molar-refractivity contribution >= 4 is 11.3 Å². The molecule has 6 heteroatoms. The normalized spacial score (nSPS) is 22.9. The van der Waals surface area contributed by atoms with Crippen LogP contribution >= 0.6 is 11.3 Å². The van der Waals surface area contributed by atoms with Gasteiger partial charge in [0.1, 0.15) is 0 Å². The van der Waals surface area contributed by atoms with Gasteiger partial charge in [0, 0.05) is 49.7 Å². The number of benzene rings is 1. The minimum atomic E-state index is 0.168. The molecule has 2 saturated heterocycles. The van der Waals surface area contributed by atoms with Gasteiger partial charge in [0.25, 0.3) is 0 Å². The van der Waals surface area contributed by atoms with Crippen molar-refractivity contribution in [3.8, 4) is 17.2 Å². The molecule has 5 nitrogen and oxygen atoms in total. The molecule has 3 heterocycles. The maximum absolute atomic E-state index is 9.23. The van der Waals surface area contributed by atoms with E-state index in [0.717, 1.165) is 61.8 Å². The maximum Gasteiger partial charge on any atom is 0.0991 e. The number of nitrogens with one attached hydrogen (secondary N) is 1. The van der Waals surface area contributed by atoms with Crippen LogP contribution in [0.2, 0.25) is 0 Å². The summed E-state index contributed by atoms with van der Waals surface area (Å²) in [4.78, 5) is 8.35. The lowest BCUT2D eigenvalue weighted by molar-refractivity contribution is 0.140. The molecule has 2 aliphatic rings. The smallest absolute Gasteiger partial charge is 0.0991 e. The summed E-state index contributed by atoms with van der Waals surface area (Å²) in [6, 6.07) is 12.5. The molecule has 0 saturated carbocycles. The van der Waals surface area contributed by atoms with Gasteiger partial charge in [-0.05, 0) is 54.7 Å². The largest absolute Gasteiger partial charge is 0.364 e. The predicted octanol–water partition coefficient (Wildman–Crippen LogP) is 4.10. The summed E-state index contributed by atoms with van der Waals surface area (Å²) < 4.78 is 0. The molecule has 1 aromatic carbocycles. The van der Waals surface area contributed by atoms with Crippen LogP contribution in [0.1, 0.15) is 22.9 Å². The van der Waals surface area contributed by atoms with Gasteiger partial charge in [-0.3, -0.25) is 0 Å². The highest BCUT2D eigenvalue weighted by Crippen LogP contribution is 2.41. The SMILES string of the molecule is C=C1NC(c2cc(-c3cccc(C#N)c3)cs2)C(CCN2CCN(C)CC2)C(=C)N1C. The Kier molecular flexibility index (Phi) is 6.47. The first-order valence-electron chi connectivity index (χ1n) is 10.8. The van der Waals surface area contributed by atoms with Crippen LogP contribution in [-0.2, 0) is 0 Å². The summed E-state index contributed by atoms with van der Waals surface area (Å²) in [7, 11) is 4.24. The van der Waals surface area contributed by atoms with Crippen molar-refractivity contribution in [3.63, 3.8) is 0 Å². The molecule has 31 heavy (non-hydrogen) atoms. The molecule has 2 atom stereocenters. The zero-order chi connectivity index (χ0) is 22.0. The van der Waals surface area contributed by atoms with E-state index in [-0.39, 0.29) is 6.04 Å². The molecular weight excluding hydrogens is 402 g/mol. The lowest BCUT2D eigenvalue weighted by atomic mass is 9.88. The Balaban J connectivity index is 1.54. The molecule has 2 fully saturated rings. The number of nitrogens with zero attached hydrogens (tertiary/aromatic N) is 4. The molecule has 0 radical (unpaired) electrons. The van der Waals surface area contributed by atoms with Gasteiger partial charge < -0.3 is 20.0 Å². The summed E-state index contributed by atoms with van der Waals surface area (Å²) in [5.74, 6) is 1.21. The van der Waals surface area contributed by atoms with Gasteiger partial charge in [0.15, 0.2) is 0 Å². The van der Waals surface area contributed by atoms with Crippen LogP contribution in [0.4, 0.5) is 0 Å². The Morgan fingerprint density at radius 1 is 1.13 bits per heavy atom. The zero-order valence-corrected chi connectivity index (χ0v) is 19.3. The second-order valence-electron chi connectivity index (χ2n) is 8.59. The zero-order valence-electron chi connectivity index (χ0n) is 18.5. The third-order valence-electron chi connectivity index (χ3n) is 6.59. The molecule has 2 aliphatic heterocycles. The Hall–Kier alpha value is -2.59. The van der Waals surface area contributed by atoms with E-state index in [0.29, 0.717) is 11.5 Å². The number of hydrogen-bond donors (Lipinski definition) is 1. The van der Waals surface area contributed by atoms with Crippen molar-refractivity contribution in [2.45, 2.75) is 12.5 Å². The Morgan fingerprint density at radius 3 is 2.65 bits per heavy atom. The Morgan fingerprint density at radius 2 is 1.90 bits per heavy atom. The minimum Gasteiger partial charge on any atom is -0.364 e. The lowest BCUT2D eigenvalue weighted by Gasteiger charge is -2.43. The second kappa shape index (κ2) is 9.27. The van der Waals surface area contributed by atoms with E-state index in [4.69, 9.17) is 0 Å². The van der Waals surface area contributed by atoms with Gasteiger partial charge in [-0.25, -0.2) is 0 Å². The first-order chi connectivity index (χ1) is 15.0. The number of thiophene rings is 1. The monoisotopic (exact) mass is 433 g/mol. The second-order valence-corrected chi connectivity index (χ2v) is 9.53. The lowest BCUT2D eigenvalue weighted by Crippen LogP contribution is -2.47. The predicted molar refractivity (Wildman–Crippen MR) is 128 cm³/mol. The first kappa shape index (κ1) is 21.6. The van der Waals surface area contributed by atoms with E-state index in [2.05, 4.69) is 63.8 Å². The van der Waals surface area contributed by atoms with E-state index in [9.17, 15) is 5.26 Å². The van der Waals surface area contributed by atoms with E-state index >= 15 is 0 Å². The molecule has 1 aromatic heterocycles. The van der Waals surface area contributed by atoms with Crippen molar-refractivity contribution in [1.82, 2.24) is 20.0 Å². The fraction of sp³-hybridized carbons (Fsp3) is 0.400. The third-order valence-corrected chi connectivity index (χ3v) is 7.61. The summed E-state index contributed by atoms with van der Waals surface area (Å²) in [6.45, 7) is 14.3. The number of rotatable bonds is 5. The van der Waals surface area contributed by atoms with Crippen LogP contribution in [0.5, 0.6) is 0 Å². The summed E-state index contributed by atoms with van der Waals surface area (Å²) in [6.07, 6.45) is 1.06. The van der Waals surface area contributed by atoms with Crippen LogP contribution < -0.4 is 5.32 Å². The standard InChI is InChI=1S/C25H31N5S/c1-18-23(8-9-30-12-10-28(3)11-13-30)25(27-19(2)29(18)4)24-15-22(17-31-24)21-7-5-6-20(14-21)16-26/h5-7,14-15,17,23,25,27H,1-2,8-13H2,3-4H3. The summed E-state index contributed by atoms with van der Waals surface area (Å²) in [5.41, 5.74) is 4.06. The average molecular weight is 434 g/mol. The summed E-state index contributed by atoms with van der Waals surface area (Å²) in [5, 5.41) is 15.1. The van der Waals surface area contributed by atoms with Crippen molar-refractivity contribution in [1.29, 1.82) is 5.26 Å². The first-order valence-corrected chi connectivity index (χ1v) is 11.7. The fourth-order valence-corrected chi connectivity index (χ4v) is 5.45. The number of likely N-dealkylation sites (N-methyl/N-ethyl adjacent to an activating group) is 1. The molecule has 162 valence electrons. The minimum absolute atomic E-state index is 0.168. The van der Waals surface area contributed by atoms with Crippen LogP contribution in [0, 0.1) is 17.2 Å². The van der Waals surface area contributed by atoms with Gasteiger partial charge >= 0.3 is 0 Å². The Labute approximate surface area is 189 Å². The molecule has 4 rings (SSSR count). The molecular formula is C25H31N5S. The molecule has 0 spiro atoms. The third kappa shape index (κ3) is 4.69. The van der Waals surface area contributed by atoms with Crippen molar-refractivity contribution in [3.05, 3.63) is 70.8 Å². The van der Waals surface area contributed by atoms with E-state index in [1.807, 2.05) is 25.2 Å². The van der Waals surface area contributed by atoms with Gasteiger partial charge in [0.2, 0.25) is 0 Å². The van der Waals surface area contributed by atoms with Gasteiger partial charge in [-0.2, -0.15) is 5.26 Å². The molecule has 0 bridgehead atoms. The molecule has 2 aromatic rings. The van der Waals surface area contributed by atoms with E-state index in [1.165, 1.54) is 4.88 Å². The fourth-order valence-electron chi connectivity index (χ4n) is 4.42. The molecule has 2 unspecified atom stereocenters. The quantitative estimate of drug-likeness (QED) is 0.769. The van der Waals surface area contributed by atoms with Crippen LogP contribution in [0.25, 0.3) is 11.1 Å². The Bertz CT molecular complexity index is 995. The van der Waals surface area contributed by atoms with Gasteiger partial charge in [-0.1, -0.05) is 25.3 Å². The highest BCUT2D eigenvalue weighted by Gasteiger charge is 2.34. The van der Waals surface area contributed by atoms with Gasteiger partial charge in [0.05, 0.1) is 23.5 Å².